The Balaban J connectivity index is 3.09. The van der Waals surface area contributed by atoms with Crippen LogP contribution in [0.4, 0.5) is 5.69 Å². The van der Waals surface area contributed by atoms with Crippen molar-refractivity contribution in [2.45, 2.75) is 59.5 Å². The highest BCUT2D eigenvalue weighted by molar-refractivity contribution is 5.98. The van der Waals surface area contributed by atoms with Crippen molar-refractivity contribution in [1.29, 1.82) is 5.26 Å². The zero-order valence-electron chi connectivity index (χ0n) is 16.9. The number of benzene rings is 1. The first-order chi connectivity index (χ1) is 12.3. The third kappa shape index (κ3) is 6.03. The molecule has 0 unspecified atom stereocenters. The molecule has 5 heteroatoms. The molecule has 0 heterocycles. The summed E-state index contributed by atoms with van der Waals surface area (Å²) in [5.41, 5.74) is -0.0479. The topological polar surface area (TPSA) is 71.3 Å². The Hall–Kier alpha value is -2.06. The molecule has 0 saturated heterocycles. The molecule has 1 aromatic rings. The lowest BCUT2D eigenvalue weighted by Crippen LogP contribution is -2.47. The highest BCUT2D eigenvalue weighted by Crippen LogP contribution is 2.31. The van der Waals surface area contributed by atoms with E-state index in [-0.39, 0.29) is 5.91 Å². The summed E-state index contributed by atoms with van der Waals surface area (Å²) in [5, 5.41) is 12.3. The lowest BCUT2D eigenvalue weighted by atomic mass is 9.84. The van der Waals surface area contributed by atoms with Crippen molar-refractivity contribution < 1.29 is 14.3 Å². The monoisotopic (exact) mass is 360 g/mol. The van der Waals surface area contributed by atoms with E-state index in [1.54, 1.807) is 25.3 Å². The number of carbonyl (C=O) groups is 1. The van der Waals surface area contributed by atoms with Gasteiger partial charge in [0.15, 0.2) is 0 Å². The van der Waals surface area contributed by atoms with Crippen LogP contribution in [0.2, 0.25) is 0 Å². The summed E-state index contributed by atoms with van der Waals surface area (Å²) >= 11 is 0. The van der Waals surface area contributed by atoms with E-state index in [0.29, 0.717) is 48.3 Å². The van der Waals surface area contributed by atoms with Crippen molar-refractivity contribution >= 4 is 11.6 Å². The summed E-state index contributed by atoms with van der Waals surface area (Å²) in [4.78, 5) is 13.1. The van der Waals surface area contributed by atoms with E-state index in [4.69, 9.17) is 9.47 Å². The first kappa shape index (κ1) is 22.0. The average molecular weight is 360 g/mol. The fraction of sp³-hybridized carbons (Fsp3) is 0.619. The van der Waals surface area contributed by atoms with Crippen LogP contribution in [0.3, 0.4) is 0 Å². The maximum Gasteiger partial charge on any atom is 0.256 e. The minimum atomic E-state index is -0.910. The summed E-state index contributed by atoms with van der Waals surface area (Å²) in [7, 11) is 1.58. The predicted octanol–water partition coefficient (Wildman–Crippen LogP) is 4.76. The minimum absolute atomic E-state index is 0.207. The molecule has 0 fully saturated rings. The molecule has 0 aliphatic rings. The van der Waals surface area contributed by atoms with Crippen LogP contribution in [-0.2, 0) is 9.53 Å². The molecule has 144 valence electrons. The molecule has 26 heavy (non-hydrogen) atoms. The molecule has 0 atom stereocenters. The van der Waals surface area contributed by atoms with Gasteiger partial charge in [0.05, 0.1) is 17.9 Å². The van der Waals surface area contributed by atoms with Crippen molar-refractivity contribution in [3.63, 3.8) is 0 Å². The molecule has 1 N–H and O–H groups in total. The number of amides is 1. The van der Waals surface area contributed by atoms with E-state index in [0.717, 1.165) is 6.42 Å². The van der Waals surface area contributed by atoms with Gasteiger partial charge in [0.25, 0.3) is 5.91 Å². The van der Waals surface area contributed by atoms with E-state index in [1.807, 2.05) is 6.92 Å². The Morgan fingerprint density at radius 1 is 1.23 bits per heavy atom. The Labute approximate surface area is 157 Å². The maximum absolute atomic E-state index is 13.1. The SMILES string of the molecule is CCCOc1ccc(NC(=O)C(CC(C)C)(CC(C)C)OC)c(C#N)c1. The highest BCUT2D eigenvalue weighted by atomic mass is 16.5. The zero-order chi connectivity index (χ0) is 19.7. The number of anilines is 1. The highest BCUT2D eigenvalue weighted by Gasteiger charge is 2.40. The molecular formula is C21H32N2O3. The van der Waals surface area contributed by atoms with Crippen LogP contribution in [-0.4, -0.2) is 25.2 Å². The molecule has 1 aromatic carbocycles. The number of hydrogen-bond acceptors (Lipinski definition) is 4. The number of methoxy groups -OCH3 is 1. The van der Waals surface area contributed by atoms with Crippen LogP contribution in [0.1, 0.15) is 59.4 Å². The fourth-order valence-corrected chi connectivity index (χ4v) is 3.12. The van der Waals surface area contributed by atoms with Crippen molar-refractivity contribution in [3.05, 3.63) is 23.8 Å². The van der Waals surface area contributed by atoms with E-state index >= 15 is 0 Å². The van der Waals surface area contributed by atoms with Crippen LogP contribution in [0.15, 0.2) is 18.2 Å². The van der Waals surface area contributed by atoms with Crippen molar-refractivity contribution in [2.24, 2.45) is 11.8 Å². The molecule has 1 rings (SSSR count). The molecule has 0 aliphatic carbocycles. The second-order valence-electron chi connectivity index (χ2n) is 7.52. The van der Waals surface area contributed by atoms with Crippen molar-refractivity contribution in [3.8, 4) is 11.8 Å². The van der Waals surface area contributed by atoms with E-state index in [1.165, 1.54) is 0 Å². The van der Waals surface area contributed by atoms with Crippen LogP contribution < -0.4 is 10.1 Å². The molecule has 0 aromatic heterocycles. The molecule has 0 bridgehead atoms. The van der Waals surface area contributed by atoms with Gasteiger partial charge >= 0.3 is 0 Å². The first-order valence-electron chi connectivity index (χ1n) is 9.31. The zero-order valence-corrected chi connectivity index (χ0v) is 16.9. The van der Waals surface area contributed by atoms with Gasteiger partial charge in [-0.15, -0.1) is 0 Å². The number of ether oxygens (including phenoxy) is 2. The first-order valence-corrected chi connectivity index (χ1v) is 9.31. The number of nitriles is 1. The normalized spacial score (nSPS) is 11.5. The van der Waals surface area contributed by atoms with Crippen molar-refractivity contribution in [2.75, 3.05) is 19.0 Å². The molecule has 1 amide bonds. The molecule has 0 saturated carbocycles. The number of hydrogen-bond donors (Lipinski definition) is 1. The summed E-state index contributed by atoms with van der Waals surface area (Å²) in [5.74, 6) is 1.03. The van der Waals surface area contributed by atoms with E-state index < -0.39 is 5.60 Å². The van der Waals surface area contributed by atoms with Crippen molar-refractivity contribution in [1.82, 2.24) is 0 Å². The Morgan fingerprint density at radius 3 is 2.31 bits per heavy atom. The van der Waals surface area contributed by atoms with E-state index in [2.05, 4.69) is 39.1 Å². The van der Waals surface area contributed by atoms with Gasteiger partial charge in [-0.3, -0.25) is 4.79 Å². The Morgan fingerprint density at radius 2 is 1.85 bits per heavy atom. The van der Waals surface area contributed by atoms with Gasteiger partial charge in [-0.25, -0.2) is 0 Å². The molecule has 0 radical (unpaired) electrons. The van der Waals surface area contributed by atoms with Gasteiger partial charge in [0.1, 0.15) is 17.4 Å². The third-order valence-corrected chi connectivity index (χ3v) is 4.11. The van der Waals surface area contributed by atoms with Crippen LogP contribution in [0, 0.1) is 23.2 Å². The molecule has 0 spiro atoms. The fourth-order valence-electron chi connectivity index (χ4n) is 3.12. The molecule has 0 aliphatic heterocycles. The molecular weight excluding hydrogens is 328 g/mol. The van der Waals surface area contributed by atoms with Gasteiger partial charge < -0.3 is 14.8 Å². The van der Waals surface area contributed by atoms with Crippen LogP contribution >= 0.6 is 0 Å². The molecule has 5 nitrogen and oxygen atoms in total. The number of carbonyl (C=O) groups excluding carboxylic acids is 1. The predicted molar refractivity (Wildman–Crippen MR) is 104 cm³/mol. The quantitative estimate of drug-likeness (QED) is 0.653. The number of nitrogens with zero attached hydrogens (tertiary/aromatic N) is 1. The van der Waals surface area contributed by atoms with Crippen LogP contribution in [0.25, 0.3) is 0 Å². The van der Waals surface area contributed by atoms with Gasteiger partial charge in [0.2, 0.25) is 0 Å². The average Bonchev–Trinajstić information content (AvgIpc) is 2.59. The van der Waals surface area contributed by atoms with Gasteiger partial charge in [-0.2, -0.15) is 5.26 Å². The standard InChI is InChI=1S/C21H32N2O3/c1-7-10-26-18-8-9-19(17(11-18)14-22)23-20(24)21(25-6,12-15(2)3)13-16(4)5/h8-9,11,15-16H,7,10,12-13H2,1-6H3,(H,23,24). The second kappa shape index (κ2) is 10.2. The summed E-state index contributed by atoms with van der Waals surface area (Å²) in [6, 6.07) is 7.27. The van der Waals surface area contributed by atoms with Gasteiger partial charge in [-0.1, -0.05) is 34.6 Å². The van der Waals surface area contributed by atoms with Crippen LogP contribution in [0.5, 0.6) is 5.75 Å². The maximum atomic E-state index is 13.1. The Kier molecular flexibility index (Phi) is 8.60. The summed E-state index contributed by atoms with van der Waals surface area (Å²) in [6.07, 6.45) is 2.13. The number of nitrogens with one attached hydrogen (secondary N) is 1. The van der Waals surface area contributed by atoms with Gasteiger partial charge in [-0.05, 0) is 49.3 Å². The minimum Gasteiger partial charge on any atom is -0.494 e. The van der Waals surface area contributed by atoms with E-state index in [9.17, 15) is 10.1 Å². The smallest absolute Gasteiger partial charge is 0.256 e. The summed E-state index contributed by atoms with van der Waals surface area (Å²) in [6.45, 7) is 10.9. The lowest BCUT2D eigenvalue weighted by molar-refractivity contribution is -0.142. The van der Waals surface area contributed by atoms with Gasteiger partial charge in [0, 0.05) is 7.11 Å². The number of rotatable bonds is 10. The lowest BCUT2D eigenvalue weighted by Gasteiger charge is -2.34. The third-order valence-electron chi connectivity index (χ3n) is 4.11. The summed E-state index contributed by atoms with van der Waals surface area (Å²) < 4.78 is 11.3. The second-order valence-corrected chi connectivity index (χ2v) is 7.52. The largest absolute Gasteiger partial charge is 0.494 e. The Bertz CT molecular complexity index is 623.